The van der Waals surface area contributed by atoms with E-state index in [9.17, 15) is 8.42 Å². The third kappa shape index (κ3) is 6.48. The van der Waals surface area contributed by atoms with Gasteiger partial charge in [0.15, 0.2) is 6.29 Å². The maximum atomic E-state index is 13.1. The van der Waals surface area contributed by atoms with E-state index in [1.807, 2.05) is 32.2 Å². The van der Waals surface area contributed by atoms with Crippen molar-refractivity contribution in [1.29, 1.82) is 0 Å². The first-order chi connectivity index (χ1) is 20.8. The quantitative estimate of drug-likeness (QED) is 0.151. The molecule has 251 valence electrons. The Bertz CT molecular complexity index is 1420. The highest BCUT2D eigenvalue weighted by Crippen LogP contribution is 2.69. The molecule has 6 heteroatoms. The zero-order valence-corrected chi connectivity index (χ0v) is 32.0. The lowest BCUT2D eigenvalue weighted by Crippen LogP contribution is -2.53. The van der Waals surface area contributed by atoms with Crippen molar-refractivity contribution in [2.45, 2.75) is 144 Å². The summed E-state index contributed by atoms with van der Waals surface area (Å²) in [5.74, 6) is 2.51. The molecule has 4 aliphatic rings. The Kier molecular flexibility index (Phi) is 9.63. The molecule has 0 aromatic heterocycles. The van der Waals surface area contributed by atoms with Gasteiger partial charge < -0.3 is 4.43 Å². The summed E-state index contributed by atoms with van der Waals surface area (Å²) in [5, 5.41) is 0. The fraction of sp³-hybridized carbons (Fsp3) is 0.744. The van der Waals surface area contributed by atoms with E-state index in [4.69, 9.17) is 8.61 Å². The summed E-state index contributed by atoms with van der Waals surface area (Å²) < 4.78 is 38.2. The Hall–Kier alpha value is -1.21. The van der Waals surface area contributed by atoms with Gasteiger partial charge in [-0.25, -0.2) is 4.18 Å². The van der Waals surface area contributed by atoms with Gasteiger partial charge in [-0.3, -0.25) is 0 Å². The van der Waals surface area contributed by atoms with E-state index >= 15 is 0 Å². The lowest BCUT2D eigenvalue weighted by molar-refractivity contribution is -0.0805. The maximum Gasteiger partial charge on any atom is 0.299 e. The normalized spacial score (nSPS) is 32.9. The molecule has 1 radical (unpaired) electrons. The minimum absolute atomic E-state index is 0.190. The zero-order valence-electron chi connectivity index (χ0n) is 30.2. The molecule has 0 amide bonds. The minimum atomic E-state index is -3.89. The molecular weight excluding hydrogens is 593 g/mol. The first-order valence-corrected chi connectivity index (χ1v) is 21.5. The summed E-state index contributed by atoms with van der Waals surface area (Å²) in [6, 6.07) is 6.86. The van der Waals surface area contributed by atoms with Crippen molar-refractivity contribution < 1.29 is 17.0 Å². The summed E-state index contributed by atoms with van der Waals surface area (Å²) in [4.78, 5) is 0.192. The third-order valence-corrected chi connectivity index (χ3v) is 15.0. The molecule has 0 spiro atoms. The molecule has 1 fully saturated rings. The van der Waals surface area contributed by atoms with E-state index in [0.717, 1.165) is 30.2 Å². The minimum Gasteiger partial charge on any atom is -0.392 e. The lowest BCUT2D eigenvalue weighted by atomic mass is 9.42. The first-order valence-electron chi connectivity index (χ1n) is 17.7. The number of hydrogen-bond acceptors (Lipinski definition) is 4. The average molecular weight is 654 g/mol. The van der Waals surface area contributed by atoms with Crippen molar-refractivity contribution in [3.63, 3.8) is 0 Å². The van der Waals surface area contributed by atoms with Gasteiger partial charge in [-0.2, -0.15) is 8.42 Å². The van der Waals surface area contributed by atoms with Crippen LogP contribution in [-0.4, -0.2) is 23.7 Å². The monoisotopic (exact) mass is 653 g/mol. The molecule has 45 heavy (non-hydrogen) atoms. The van der Waals surface area contributed by atoms with Crippen LogP contribution in [0.3, 0.4) is 0 Å². The van der Waals surface area contributed by atoms with Crippen molar-refractivity contribution >= 4 is 19.2 Å². The Labute approximate surface area is 277 Å². The second kappa shape index (κ2) is 12.3. The standard InChI is InChI=1S/C39H61O4SSi/c1-26-12-15-28(16-13-26)44(40,41)42-35(43-45(10)11)21-14-27(2)30-18-19-31-29-17-20-34-37(6,7)33(36(3,4)5)23-25-39(34,9)32(29)22-24-38(30,31)8/h12-13,15-16,19,27,30,33-35H,14,17-18,20-25H2,1-11H3/t27-,30-,33-,34+,35?,38-,39-/m1/s1. The largest absolute Gasteiger partial charge is 0.392 e. The molecule has 1 aromatic rings. The van der Waals surface area contributed by atoms with Gasteiger partial charge >= 0.3 is 0 Å². The van der Waals surface area contributed by atoms with Crippen LogP contribution in [0.1, 0.15) is 119 Å². The number of allylic oxidation sites excluding steroid dienone is 4. The Morgan fingerprint density at radius 2 is 1.62 bits per heavy atom. The molecule has 1 aromatic carbocycles. The van der Waals surface area contributed by atoms with Crippen LogP contribution in [0.4, 0.5) is 0 Å². The molecule has 0 saturated heterocycles. The molecule has 7 atom stereocenters. The smallest absolute Gasteiger partial charge is 0.299 e. The van der Waals surface area contributed by atoms with Gasteiger partial charge in [-0.15, -0.1) is 0 Å². The molecule has 0 heterocycles. The Balaban J connectivity index is 1.30. The SMILES string of the molecule is Cc1ccc(S(=O)(=O)OC(CC[C@@H](C)[C@H]2CC=C3C4=C(CC[C@@]32C)[C@@]2(C)CC[C@H](C(C)(C)C)C(C)(C)[C@@H]2CC4)O[Si](C)C)cc1. The second-order valence-corrected chi connectivity index (χ2v) is 21.1. The summed E-state index contributed by atoms with van der Waals surface area (Å²) >= 11 is 0. The number of rotatable bonds is 9. The van der Waals surface area contributed by atoms with Crippen LogP contribution in [0.15, 0.2) is 52.0 Å². The molecule has 4 nitrogen and oxygen atoms in total. The van der Waals surface area contributed by atoms with Gasteiger partial charge in [0.1, 0.15) is 0 Å². The van der Waals surface area contributed by atoms with E-state index in [2.05, 4.69) is 61.5 Å². The van der Waals surface area contributed by atoms with Gasteiger partial charge in [0, 0.05) is 0 Å². The van der Waals surface area contributed by atoms with Gasteiger partial charge in [-0.05, 0) is 146 Å². The summed E-state index contributed by atoms with van der Waals surface area (Å²) in [7, 11) is -5.04. The molecule has 0 bridgehead atoms. The number of fused-ring (bicyclic) bond motifs is 4. The van der Waals surface area contributed by atoms with Gasteiger partial charge in [0.25, 0.3) is 10.1 Å². The van der Waals surface area contributed by atoms with E-state index < -0.39 is 25.4 Å². The Morgan fingerprint density at radius 3 is 2.24 bits per heavy atom. The summed E-state index contributed by atoms with van der Waals surface area (Å²) in [6.07, 6.45) is 12.1. The lowest BCUT2D eigenvalue weighted by Gasteiger charge is -2.62. The fourth-order valence-corrected chi connectivity index (χ4v) is 12.8. The van der Waals surface area contributed by atoms with Gasteiger partial charge in [0.2, 0.25) is 9.04 Å². The van der Waals surface area contributed by atoms with Crippen LogP contribution in [0.5, 0.6) is 0 Å². The number of aryl methyl sites for hydroxylation is 1. The highest BCUT2D eigenvalue weighted by Gasteiger charge is 2.58. The summed E-state index contributed by atoms with van der Waals surface area (Å²) in [5.41, 5.74) is 7.40. The average Bonchev–Trinajstić information content (AvgIpc) is 3.27. The Morgan fingerprint density at radius 1 is 0.956 bits per heavy atom. The highest BCUT2D eigenvalue weighted by molar-refractivity contribution is 7.86. The molecule has 4 aliphatic carbocycles. The molecule has 1 unspecified atom stereocenters. The van der Waals surface area contributed by atoms with Crippen LogP contribution in [0, 0.1) is 52.3 Å². The van der Waals surface area contributed by atoms with Crippen LogP contribution in [0.2, 0.25) is 13.1 Å². The molecular formula is C39H61O4SSi. The van der Waals surface area contributed by atoms with Gasteiger partial charge in [-0.1, -0.05) is 84.7 Å². The molecule has 5 rings (SSSR count). The number of benzene rings is 1. The zero-order chi connectivity index (χ0) is 33.2. The van der Waals surface area contributed by atoms with E-state index in [1.54, 1.807) is 28.9 Å². The van der Waals surface area contributed by atoms with Crippen molar-refractivity contribution in [1.82, 2.24) is 0 Å². The van der Waals surface area contributed by atoms with Crippen LogP contribution >= 0.6 is 0 Å². The van der Waals surface area contributed by atoms with E-state index in [-0.39, 0.29) is 10.3 Å². The topological polar surface area (TPSA) is 52.6 Å². The van der Waals surface area contributed by atoms with Crippen molar-refractivity contribution in [2.75, 3.05) is 0 Å². The van der Waals surface area contributed by atoms with Crippen LogP contribution < -0.4 is 0 Å². The number of hydrogen-bond donors (Lipinski definition) is 0. The maximum absolute atomic E-state index is 13.1. The predicted octanol–water partition coefficient (Wildman–Crippen LogP) is 10.7. The van der Waals surface area contributed by atoms with Crippen LogP contribution in [-0.2, 0) is 18.7 Å². The highest BCUT2D eigenvalue weighted by atomic mass is 32.2. The molecule has 1 saturated carbocycles. The van der Waals surface area contributed by atoms with E-state index in [0.29, 0.717) is 34.5 Å². The molecule has 0 N–H and O–H groups in total. The van der Waals surface area contributed by atoms with Gasteiger partial charge in [0.05, 0.1) is 4.90 Å². The van der Waals surface area contributed by atoms with Crippen LogP contribution in [0.25, 0.3) is 0 Å². The fourth-order valence-electron chi connectivity index (χ4n) is 11.0. The third-order valence-electron chi connectivity index (χ3n) is 13.0. The van der Waals surface area contributed by atoms with E-state index in [1.165, 1.54) is 38.5 Å². The molecule has 0 aliphatic heterocycles. The van der Waals surface area contributed by atoms with Crippen molar-refractivity contribution in [2.24, 2.45) is 45.3 Å². The van der Waals surface area contributed by atoms with Crippen molar-refractivity contribution in [3.8, 4) is 0 Å². The van der Waals surface area contributed by atoms with Crippen molar-refractivity contribution in [3.05, 3.63) is 52.6 Å². The first kappa shape index (κ1) is 35.1. The predicted molar refractivity (Wildman–Crippen MR) is 188 cm³/mol. The second-order valence-electron chi connectivity index (χ2n) is 17.5. The summed E-state index contributed by atoms with van der Waals surface area (Å²) in [6.45, 7) is 26.1.